The van der Waals surface area contributed by atoms with Crippen LogP contribution in [0.5, 0.6) is 0 Å². The van der Waals surface area contributed by atoms with Crippen LogP contribution in [0.15, 0.2) is 16.6 Å². The first-order valence-corrected chi connectivity index (χ1v) is 4.73. The first-order valence-electron chi connectivity index (χ1n) is 3.12. The highest BCUT2D eigenvalue weighted by atomic mass is 79.9. The number of aldehydes is 1. The lowest BCUT2D eigenvalue weighted by atomic mass is 10.4. The summed E-state index contributed by atoms with van der Waals surface area (Å²) in [5, 5.41) is 0. The first-order chi connectivity index (χ1) is 5.24. The minimum Gasteiger partial charge on any atom is -0.299 e. The van der Waals surface area contributed by atoms with Crippen LogP contribution in [0.3, 0.4) is 0 Å². The Morgan fingerprint density at radius 3 is 2.82 bits per heavy atom. The van der Waals surface area contributed by atoms with Gasteiger partial charge >= 0.3 is 0 Å². The van der Waals surface area contributed by atoms with E-state index in [0.717, 1.165) is 15.6 Å². The molecule has 0 unspecified atom stereocenters. The molecule has 0 N–H and O–H groups in total. The third-order valence-electron chi connectivity index (χ3n) is 1.16. The summed E-state index contributed by atoms with van der Waals surface area (Å²) < 4.78 is 1.05. The van der Waals surface area contributed by atoms with Crippen LogP contribution in [-0.4, -0.2) is 6.29 Å². The van der Waals surface area contributed by atoms with E-state index in [1.807, 2.05) is 13.0 Å². The van der Waals surface area contributed by atoms with Crippen molar-refractivity contribution in [3.63, 3.8) is 0 Å². The van der Waals surface area contributed by atoms with Crippen molar-refractivity contribution in [1.82, 2.24) is 0 Å². The molecule has 0 atom stereocenters. The van der Waals surface area contributed by atoms with Crippen molar-refractivity contribution in [1.29, 1.82) is 0 Å². The minimum absolute atomic E-state index is 0.779. The molecule has 0 radical (unpaired) electrons. The van der Waals surface area contributed by atoms with E-state index in [9.17, 15) is 4.79 Å². The molecule has 0 aromatic carbocycles. The molecule has 1 rings (SSSR count). The summed E-state index contributed by atoms with van der Waals surface area (Å²) in [5.74, 6) is 0. The molecule has 1 aromatic rings. The van der Waals surface area contributed by atoms with Crippen LogP contribution >= 0.6 is 27.3 Å². The second kappa shape index (κ2) is 3.83. The summed E-state index contributed by atoms with van der Waals surface area (Å²) in [5.41, 5.74) is 0. The molecule has 0 spiro atoms. The van der Waals surface area contributed by atoms with Gasteiger partial charge in [0.2, 0.25) is 0 Å². The molecule has 0 aliphatic heterocycles. The summed E-state index contributed by atoms with van der Waals surface area (Å²) in [4.78, 5) is 12.3. The van der Waals surface area contributed by atoms with Gasteiger partial charge in [-0.1, -0.05) is 0 Å². The van der Waals surface area contributed by atoms with Crippen molar-refractivity contribution < 1.29 is 4.79 Å². The molecule has 11 heavy (non-hydrogen) atoms. The number of carbonyl (C=O) groups is 1. The summed E-state index contributed by atoms with van der Waals surface area (Å²) >= 11 is 5.05. The zero-order chi connectivity index (χ0) is 8.27. The van der Waals surface area contributed by atoms with Gasteiger partial charge in [0, 0.05) is 14.2 Å². The number of hydrogen-bond donors (Lipinski definition) is 0. The highest BCUT2D eigenvalue weighted by Gasteiger charge is 1.98. The number of aryl methyl sites for hydroxylation is 1. The minimum atomic E-state index is 0.779. The van der Waals surface area contributed by atoms with Crippen LogP contribution in [0.2, 0.25) is 0 Å². The second-order valence-corrected chi connectivity index (χ2v) is 4.21. The number of rotatable bonds is 2. The van der Waals surface area contributed by atoms with Gasteiger partial charge in [0.05, 0.1) is 0 Å². The monoisotopic (exact) mass is 230 g/mol. The molecule has 1 heterocycles. The van der Waals surface area contributed by atoms with Gasteiger partial charge < -0.3 is 0 Å². The van der Waals surface area contributed by atoms with Crippen LogP contribution in [0.1, 0.15) is 9.75 Å². The molecule has 1 aromatic heterocycles. The molecular formula is C8H7BrOS. The Bertz CT molecular complexity index is 288. The van der Waals surface area contributed by atoms with Crippen molar-refractivity contribution in [2.45, 2.75) is 6.92 Å². The zero-order valence-corrected chi connectivity index (χ0v) is 8.41. The van der Waals surface area contributed by atoms with E-state index in [1.54, 1.807) is 17.4 Å². The number of allylic oxidation sites excluding steroid dienone is 1. The van der Waals surface area contributed by atoms with E-state index in [1.165, 1.54) is 11.0 Å². The number of carbonyl (C=O) groups excluding carboxylic acids is 1. The topological polar surface area (TPSA) is 17.1 Å². The van der Waals surface area contributed by atoms with Crippen molar-refractivity contribution in [2.75, 3.05) is 0 Å². The normalized spacial score (nSPS) is 10.7. The Balaban J connectivity index is 2.93. The van der Waals surface area contributed by atoms with Crippen molar-refractivity contribution >= 4 is 39.6 Å². The fourth-order valence-corrected chi connectivity index (χ4v) is 2.44. The van der Waals surface area contributed by atoms with Gasteiger partial charge in [-0.2, -0.15) is 0 Å². The summed E-state index contributed by atoms with van der Waals surface area (Å²) in [6.45, 7) is 2.04. The summed E-state index contributed by atoms with van der Waals surface area (Å²) in [7, 11) is 0. The van der Waals surface area contributed by atoms with E-state index in [0.29, 0.717) is 0 Å². The Morgan fingerprint density at radius 1 is 1.64 bits per heavy atom. The van der Waals surface area contributed by atoms with Crippen molar-refractivity contribution in [2.24, 2.45) is 0 Å². The van der Waals surface area contributed by atoms with Crippen LogP contribution in [0.4, 0.5) is 0 Å². The fourth-order valence-electron chi connectivity index (χ4n) is 0.742. The van der Waals surface area contributed by atoms with Crippen LogP contribution in [0, 0.1) is 6.92 Å². The standard InChI is InChI=1S/C8H7BrOS/c1-6-5-7(9)8(11-6)3-2-4-10/h2-5H,1H3/b3-2+. The number of hydrogen-bond acceptors (Lipinski definition) is 2. The lowest BCUT2D eigenvalue weighted by molar-refractivity contribution is -0.104. The SMILES string of the molecule is Cc1cc(Br)c(/C=C/C=O)s1. The van der Waals surface area contributed by atoms with Crippen LogP contribution in [0.25, 0.3) is 6.08 Å². The maximum atomic E-state index is 10.00. The van der Waals surface area contributed by atoms with Crippen LogP contribution in [-0.2, 0) is 4.79 Å². The van der Waals surface area contributed by atoms with Crippen molar-refractivity contribution in [3.8, 4) is 0 Å². The van der Waals surface area contributed by atoms with E-state index < -0.39 is 0 Å². The molecular weight excluding hydrogens is 224 g/mol. The zero-order valence-electron chi connectivity index (χ0n) is 6.00. The molecule has 0 amide bonds. The first kappa shape index (κ1) is 8.68. The van der Waals surface area contributed by atoms with Gasteiger partial charge in [-0.15, -0.1) is 11.3 Å². The fraction of sp³-hybridized carbons (Fsp3) is 0.125. The number of halogens is 1. The van der Waals surface area contributed by atoms with Gasteiger partial charge in [-0.3, -0.25) is 4.79 Å². The van der Waals surface area contributed by atoms with Gasteiger partial charge in [0.15, 0.2) is 0 Å². The molecule has 0 aliphatic rings. The van der Waals surface area contributed by atoms with E-state index in [2.05, 4.69) is 15.9 Å². The quantitative estimate of drug-likeness (QED) is 0.564. The lowest BCUT2D eigenvalue weighted by Gasteiger charge is -1.82. The molecule has 1 nitrogen and oxygen atoms in total. The van der Waals surface area contributed by atoms with Gasteiger partial charge in [-0.05, 0) is 41.1 Å². The van der Waals surface area contributed by atoms with Crippen LogP contribution < -0.4 is 0 Å². The Labute approximate surface area is 77.9 Å². The Hall–Kier alpha value is -0.410. The summed E-state index contributed by atoms with van der Waals surface area (Å²) in [6, 6.07) is 2.04. The van der Waals surface area contributed by atoms with E-state index in [-0.39, 0.29) is 0 Å². The highest BCUT2D eigenvalue weighted by Crippen LogP contribution is 2.27. The molecule has 0 saturated carbocycles. The molecule has 58 valence electrons. The van der Waals surface area contributed by atoms with Gasteiger partial charge in [0.1, 0.15) is 6.29 Å². The van der Waals surface area contributed by atoms with Gasteiger partial charge in [-0.25, -0.2) is 0 Å². The average molecular weight is 231 g/mol. The Morgan fingerprint density at radius 2 is 2.36 bits per heavy atom. The van der Waals surface area contributed by atoms with E-state index in [4.69, 9.17) is 0 Å². The predicted octanol–water partition coefficient (Wildman–Crippen LogP) is 3.03. The number of thiophene rings is 1. The third-order valence-corrected chi connectivity index (χ3v) is 3.10. The maximum Gasteiger partial charge on any atom is 0.142 e. The molecule has 0 bridgehead atoms. The van der Waals surface area contributed by atoms with Gasteiger partial charge in [0.25, 0.3) is 0 Å². The molecule has 0 aliphatic carbocycles. The molecule has 0 fully saturated rings. The maximum absolute atomic E-state index is 10.00. The second-order valence-electron chi connectivity index (χ2n) is 2.06. The average Bonchev–Trinajstić information content (AvgIpc) is 2.26. The predicted molar refractivity (Wildman–Crippen MR) is 51.9 cm³/mol. The molecule has 3 heteroatoms. The van der Waals surface area contributed by atoms with Crippen molar-refractivity contribution in [3.05, 3.63) is 26.4 Å². The van der Waals surface area contributed by atoms with E-state index >= 15 is 0 Å². The Kier molecular flexibility index (Phi) is 3.02. The highest BCUT2D eigenvalue weighted by molar-refractivity contribution is 9.10. The lowest BCUT2D eigenvalue weighted by Crippen LogP contribution is -1.62. The smallest absolute Gasteiger partial charge is 0.142 e. The third kappa shape index (κ3) is 2.27. The summed E-state index contributed by atoms with van der Waals surface area (Å²) in [6.07, 6.45) is 4.08. The largest absolute Gasteiger partial charge is 0.299 e. The molecule has 0 saturated heterocycles.